The molecule has 0 saturated carbocycles. The number of carbonyl (C=O) groups is 2. The zero-order valence-corrected chi connectivity index (χ0v) is 15.0. The molecular formula is C17H31N3O3. The van der Waals surface area contributed by atoms with Gasteiger partial charge in [0, 0.05) is 25.2 Å². The predicted molar refractivity (Wildman–Crippen MR) is 89.1 cm³/mol. The molecule has 1 unspecified atom stereocenters. The summed E-state index contributed by atoms with van der Waals surface area (Å²) in [7, 11) is 0. The maximum Gasteiger partial charge on any atom is 0.240 e. The largest absolute Gasteiger partial charge is 0.378 e. The van der Waals surface area contributed by atoms with E-state index in [0.29, 0.717) is 32.8 Å². The highest BCUT2D eigenvalue weighted by atomic mass is 16.5. The second-order valence-electron chi connectivity index (χ2n) is 7.05. The van der Waals surface area contributed by atoms with E-state index < -0.39 is 0 Å². The molecule has 2 amide bonds. The van der Waals surface area contributed by atoms with Crippen molar-refractivity contribution >= 4 is 11.8 Å². The zero-order valence-electron chi connectivity index (χ0n) is 15.0. The molecule has 6 nitrogen and oxygen atoms in total. The highest BCUT2D eigenvalue weighted by Gasteiger charge is 2.36. The number of nitrogens with zero attached hydrogens (tertiary/aromatic N) is 3. The third-order valence-electron chi connectivity index (χ3n) is 4.71. The molecule has 0 aliphatic carbocycles. The second kappa shape index (κ2) is 8.11. The Morgan fingerprint density at radius 3 is 2.26 bits per heavy atom. The molecule has 23 heavy (non-hydrogen) atoms. The van der Waals surface area contributed by atoms with E-state index in [1.807, 2.05) is 37.5 Å². The van der Waals surface area contributed by atoms with Crippen molar-refractivity contribution < 1.29 is 14.3 Å². The Labute approximate surface area is 139 Å². The highest BCUT2D eigenvalue weighted by molar-refractivity contribution is 5.84. The molecule has 0 aromatic rings. The maximum atomic E-state index is 12.7. The Kier molecular flexibility index (Phi) is 6.41. The Morgan fingerprint density at radius 1 is 1.09 bits per heavy atom. The van der Waals surface area contributed by atoms with Gasteiger partial charge in [-0.25, -0.2) is 0 Å². The maximum absolute atomic E-state index is 12.7. The lowest BCUT2D eigenvalue weighted by molar-refractivity contribution is -0.142. The molecule has 0 bridgehead atoms. The van der Waals surface area contributed by atoms with Gasteiger partial charge in [-0.1, -0.05) is 0 Å². The van der Waals surface area contributed by atoms with E-state index in [2.05, 4.69) is 4.90 Å². The molecule has 2 rings (SSSR count). The van der Waals surface area contributed by atoms with Gasteiger partial charge in [0.05, 0.1) is 25.8 Å². The van der Waals surface area contributed by atoms with Crippen molar-refractivity contribution in [2.75, 3.05) is 39.4 Å². The summed E-state index contributed by atoms with van der Waals surface area (Å²) < 4.78 is 5.32. The molecule has 0 aromatic carbocycles. The first-order chi connectivity index (χ1) is 10.9. The van der Waals surface area contributed by atoms with Crippen molar-refractivity contribution in [3.05, 3.63) is 0 Å². The number of ether oxygens (including phenoxy) is 1. The molecule has 2 aliphatic rings. The fraction of sp³-hybridized carbons (Fsp3) is 0.882. The molecule has 6 heteroatoms. The van der Waals surface area contributed by atoms with E-state index >= 15 is 0 Å². The smallest absolute Gasteiger partial charge is 0.240 e. The average molecular weight is 325 g/mol. The van der Waals surface area contributed by atoms with Crippen LogP contribution in [0.3, 0.4) is 0 Å². The van der Waals surface area contributed by atoms with E-state index in [-0.39, 0.29) is 29.9 Å². The summed E-state index contributed by atoms with van der Waals surface area (Å²) >= 11 is 0. The van der Waals surface area contributed by atoms with Gasteiger partial charge in [-0.2, -0.15) is 0 Å². The molecule has 132 valence electrons. The van der Waals surface area contributed by atoms with Gasteiger partial charge in [0.1, 0.15) is 0 Å². The van der Waals surface area contributed by atoms with E-state index in [4.69, 9.17) is 4.74 Å². The van der Waals surface area contributed by atoms with Crippen molar-refractivity contribution in [2.45, 2.75) is 58.7 Å². The minimum atomic E-state index is -0.141. The second-order valence-corrected chi connectivity index (χ2v) is 7.05. The first-order valence-electron chi connectivity index (χ1n) is 8.83. The Bertz CT molecular complexity index is 411. The van der Waals surface area contributed by atoms with Crippen LogP contribution in [0.15, 0.2) is 0 Å². The van der Waals surface area contributed by atoms with Crippen LogP contribution in [0, 0.1) is 0 Å². The Hall–Kier alpha value is -1.14. The van der Waals surface area contributed by atoms with Crippen LogP contribution in [0.4, 0.5) is 0 Å². The van der Waals surface area contributed by atoms with Crippen molar-refractivity contribution in [1.29, 1.82) is 0 Å². The predicted octanol–water partition coefficient (Wildman–Crippen LogP) is 0.955. The lowest BCUT2D eigenvalue weighted by Gasteiger charge is -2.35. The minimum Gasteiger partial charge on any atom is -0.378 e. The minimum absolute atomic E-state index is 0.122. The van der Waals surface area contributed by atoms with Crippen molar-refractivity contribution in [2.24, 2.45) is 0 Å². The normalized spacial score (nSPS) is 22.9. The fourth-order valence-corrected chi connectivity index (χ4v) is 3.72. The van der Waals surface area contributed by atoms with Crippen molar-refractivity contribution in [1.82, 2.24) is 14.7 Å². The van der Waals surface area contributed by atoms with Crippen LogP contribution >= 0.6 is 0 Å². The summed E-state index contributed by atoms with van der Waals surface area (Å²) in [6, 6.07) is 0.218. The molecule has 0 radical (unpaired) electrons. The van der Waals surface area contributed by atoms with E-state index in [0.717, 1.165) is 19.4 Å². The van der Waals surface area contributed by atoms with Gasteiger partial charge >= 0.3 is 0 Å². The zero-order chi connectivity index (χ0) is 17.0. The van der Waals surface area contributed by atoms with Gasteiger partial charge in [-0.15, -0.1) is 0 Å². The summed E-state index contributed by atoms with van der Waals surface area (Å²) in [5, 5.41) is 0. The molecule has 2 fully saturated rings. The third-order valence-corrected chi connectivity index (χ3v) is 4.71. The SMILES string of the molecule is CC(C)N(C(=O)CN1CCCC1C(=O)N1CCOCC1)C(C)C. The summed E-state index contributed by atoms with van der Waals surface area (Å²) in [4.78, 5) is 31.3. The monoisotopic (exact) mass is 325 g/mol. The third kappa shape index (κ3) is 4.44. The number of amides is 2. The van der Waals surface area contributed by atoms with Crippen LogP contribution in [0.2, 0.25) is 0 Å². The summed E-state index contributed by atoms with van der Waals surface area (Å²) in [5.41, 5.74) is 0. The van der Waals surface area contributed by atoms with Gasteiger partial charge in [0.25, 0.3) is 0 Å². The Morgan fingerprint density at radius 2 is 1.70 bits per heavy atom. The molecule has 0 N–H and O–H groups in total. The standard InChI is InChI=1S/C17H31N3O3/c1-13(2)20(14(3)4)16(21)12-19-7-5-6-15(19)17(22)18-8-10-23-11-9-18/h13-15H,5-12H2,1-4H3. The van der Waals surface area contributed by atoms with E-state index in [9.17, 15) is 9.59 Å². The fourth-order valence-electron chi connectivity index (χ4n) is 3.72. The Balaban J connectivity index is 1.98. The molecule has 2 aliphatic heterocycles. The quantitative estimate of drug-likeness (QED) is 0.755. The van der Waals surface area contributed by atoms with E-state index in [1.165, 1.54) is 0 Å². The van der Waals surface area contributed by atoms with Gasteiger partial charge in [0.15, 0.2) is 0 Å². The van der Waals surface area contributed by atoms with Gasteiger partial charge in [-0.3, -0.25) is 14.5 Å². The van der Waals surface area contributed by atoms with Gasteiger partial charge < -0.3 is 14.5 Å². The van der Waals surface area contributed by atoms with Crippen LogP contribution in [0.5, 0.6) is 0 Å². The van der Waals surface area contributed by atoms with Crippen LogP contribution in [-0.4, -0.2) is 84.0 Å². The van der Waals surface area contributed by atoms with Gasteiger partial charge in [0.2, 0.25) is 11.8 Å². The van der Waals surface area contributed by atoms with Crippen LogP contribution < -0.4 is 0 Å². The number of rotatable bonds is 5. The van der Waals surface area contributed by atoms with Crippen molar-refractivity contribution in [3.8, 4) is 0 Å². The van der Waals surface area contributed by atoms with Crippen LogP contribution in [0.25, 0.3) is 0 Å². The first kappa shape index (κ1) is 18.2. The topological polar surface area (TPSA) is 53.1 Å². The lowest BCUT2D eigenvalue weighted by Crippen LogP contribution is -2.53. The number of carbonyl (C=O) groups excluding carboxylic acids is 2. The highest BCUT2D eigenvalue weighted by Crippen LogP contribution is 2.20. The number of morpholine rings is 1. The first-order valence-corrected chi connectivity index (χ1v) is 8.83. The lowest BCUT2D eigenvalue weighted by atomic mass is 10.1. The number of likely N-dealkylation sites (tertiary alicyclic amines) is 1. The summed E-state index contributed by atoms with van der Waals surface area (Å²) in [5.74, 6) is 0.288. The van der Waals surface area contributed by atoms with Crippen LogP contribution in [-0.2, 0) is 14.3 Å². The molecule has 0 spiro atoms. The molecule has 2 heterocycles. The summed E-state index contributed by atoms with van der Waals surface area (Å²) in [6.45, 7) is 11.9. The summed E-state index contributed by atoms with van der Waals surface area (Å²) in [6.07, 6.45) is 1.84. The average Bonchev–Trinajstić information content (AvgIpc) is 2.94. The molecule has 1 atom stereocenters. The van der Waals surface area contributed by atoms with Crippen LogP contribution in [0.1, 0.15) is 40.5 Å². The number of hydrogen-bond acceptors (Lipinski definition) is 4. The molecule has 0 aromatic heterocycles. The van der Waals surface area contributed by atoms with Gasteiger partial charge in [-0.05, 0) is 47.1 Å². The molecular weight excluding hydrogens is 294 g/mol. The molecule has 2 saturated heterocycles. The van der Waals surface area contributed by atoms with Crippen molar-refractivity contribution in [3.63, 3.8) is 0 Å². The van der Waals surface area contributed by atoms with E-state index in [1.54, 1.807) is 0 Å². The number of hydrogen-bond donors (Lipinski definition) is 0.